The Morgan fingerprint density at radius 1 is 0.597 bits per heavy atom. The molecule has 72 heavy (non-hydrogen) atoms. The van der Waals surface area contributed by atoms with E-state index in [1.807, 2.05) is 19.1 Å². The molecule has 3 N–H and O–H groups in total. The first-order chi connectivity index (χ1) is 34.9. The van der Waals surface area contributed by atoms with E-state index in [-0.39, 0.29) is 47.3 Å². The number of aliphatic hydroxyl groups excluding tert-OH is 3. The van der Waals surface area contributed by atoms with E-state index in [2.05, 4.69) is 13.8 Å². The Morgan fingerprint density at radius 2 is 1.12 bits per heavy atom. The number of allylic oxidation sites excluding steroid dienone is 1. The van der Waals surface area contributed by atoms with Crippen molar-refractivity contribution in [2.45, 2.75) is 149 Å². The van der Waals surface area contributed by atoms with Gasteiger partial charge in [-0.05, 0) is 68.3 Å². The van der Waals surface area contributed by atoms with Gasteiger partial charge < -0.3 is 34.6 Å². The number of thiocarbonyl (C=S) groups is 1. The van der Waals surface area contributed by atoms with Gasteiger partial charge in [-0.25, -0.2) is 4.79 Å². The fraction of sp³-hybridized carbons (Fsp3) is 0.466. The topological polar surface area (TPSA) is 188 Å². The van der Waals surface area contributed by atoms with Crippen molar-refractivity contribution in [2.75, 3.05) is 36.1 Å². The van der Waals surface area contributed by atoms with Crippen molar-refractivity contribution in [1.82, 2.24) is 0 Å². The highest BCUT2D eigenvalue weighted by Gasteiger charge is 2.35. The molecular weight excluding hydrogens is 933 g/mol. The Hall–Kier alpha value is -6.41. The second-order valence-electron chi connectivity index (χ2n) is 18.4. The molecule has 2 amide bonds. The molecule has 0 spiro atoms. The standard InChI is InChI=1S/C24H33NO4S.C22H30O4.C12H11NO3/c1-2-3-4-5-6-7-8-9-10-11-15-29-24(28)19-13-12-14-20(16-19)25-17-22(26)21(18-30)23(25)27;1-2-3-4-5-6-7-8-9-10-11-14-26-17-12-13-18-19(15-17)22(25)20(16-23)21(18)24;1-8-2-4-9(5-3-8)13-6-11(15)10(7-14)12(13)16/h12-14,16,18,26H,2-11,15,17H2,1H3;12-13,15-16,23H,2-11,14H2,1H3;2-5,7,14H,6H2,1H3/b;20-16-;10-7-. The Kier molecular flexibility index (Phi) is 25.7. The number of Topliss-reactive ketones (excluding diaryl/α,β-unsaturated/α-hetero) is 3. The van der Waals surface area contributed by atoms with Crippen LogP contribution < -0.4 is 14.5 Å². The number of amides is 2. The minimum Gasteiger partial charge on any atom is -0.515 e. The number of ketones is 3. The van der Waals surface area contributed by atoms with Crippen LogP contribution in [0.25, 0.3) is 0 Å². The molecule has 388 valence electrons. The normalized spacial score (nSPS) is 15.2. The van der Waals surface area contributed by atoms with Gasteiger partial charge in [-0.2, -0.15) is 0 Å². The number of carbonyl (C=O) groups excluding carboxylic acids is 6. The first kappa shape index (κ1) is 58.2. The summed E-state index contributed by atoms with van der Waals surface area (Å²) in [5.74, 6) is -1.87. The maximum Gasteiger partial charge on any atom is 0.338 e. The third kappa shape index (κ3) is 17.7. The third-order valence-electron chi connectivity index (χ3n) is 12.8. The van der Waals surface area contributed by atoms with Crippen molar-refractivity contribution in [3.05, 3.63) is 124 Å². The molecule has 0 unspecified atom stereocenters. The highest BCUT2D eigenvalue weighted by atomic mass is 32.1. The Labute approximate surface area is 431 Å². The summed E-state index contributed by atoms with van der Waals surface area (Å²) in [7, 11) is 0. The van der Waals surface area contributed by atoms with E-state index in [0.29, 0.717) is 59.6 Å². The summed E-state index contributed by atoms with van der Waals surface area (Å²) in [5, 5.41) is 28.9. The second-order valence-corrected chi connectivity index (χ2v) is 18.6. The summed E-state index contributed by atoms with van der Waals surface area (Å²) in [6.45, 7) is 7.48. The van der Waals surface area contributed by atoms with Gasteiger partial charge in [0.05, 0.1) is 50.0 Å². The number of aliphatic hydroxyl groups is 3. The van der Waals surface area contributed by atoms with Gasteiger partial charge in [0.1, 0.15) is 22.7 Å². The number of unbranched alkanes of at least 4 members (excludes halogenated alkanes) is 18. The van der Waals surface area contributed by atoms with Crippen molar-refractivity contribution >= 4 is 64.1 Å². The number of esters is 1. The molecule has 0 radical (unpaired) electrons. The molecule has 14 heteroatoms. The molecule has 0 atom stereocenters. The number of carbonyl (C=O) groups is 6. The number of benzene rings is 3. The zero-order valence-electron chi connectivity index (χ0n) is 42.5. The first-order valence-electron chi connectivity index (χ1n) is 25.8. The molecule has 1 saturated heterocycles. The third-order valence-corrected chi connectivity index (χ3v) is 13.0. The lowest BCUT2D eigenvalue weighted by Gasteiger charge is -2.16. The predicted octanol–water partition coefficient (Wildman–Crippen LogP) is 13.1. The van der Waals surface area contributed by atoms with Crippen LogP contribution in [0, 0.1) is 6.92 Å². The summed E-state index contributed by atoms with van der Waals surface area (Å²) in [5.41, 5.74) is 3.12. The number of fused-ring (bicyclic) bond motifs is 1. The van der Waals surface area contributed by atoms with Crippen LogP contribution in [0.5, 0.6) is 5.75 Å². The average Bonchev–Trinajstić information content (AvgIpc) is 3.95. The van der Waals surface area contributed by atoms with Crippen LogP contribution in [-0.4, -0.2) is 82.1 Å². The van der Waals surface area contributed by atoms with Crippen LogP contribution in [-0.2, 0) is 19.1 Å². The SMILES string of the molecule is CCCCCCCCCCCCOC(=O)c1cccc(N2CC(O)=C(C=S)C2=O)c1.CCCCCCCCCCCCOc1ccc2c(c1)C(=O)/C(=C\O)C2=O.Cc1ccc(N2CC(=O)/C(=C/O)C2=O)cc1. The summed E-state index contributed by atoms with van der Waals surface area (Å²) < 4.78 is 11.1. The molecule has 13 nitrogen and oxygen atoms in total. The van der Waals surface area contributed by atoms with Crippen LogP contribution in [0.4, 0.5) is 11.4 Å². The lowest BCUT2D eigenvalue weighted by molar-refractivity contribution is -0.116. The molecular formula is C58H74N2O11S. The van der Waals surface area contributed by atoms with Crippen molar-refractivity contribution in [3.63, 3.8) is 0 Å². The average molecular weight is 1010 g/mol. The zero-order chi connectivity index (χ0) is 52.3. The van der Waals surface area contributed by atoms with Gasteiger partial charge in [0, 0.05) is 27.9 Å². The van der Waals surface area contributed by atoms with Gasteiger partial charge in [0.15, 0.2) is 5.78 Å². The summed E-state index contributed by atoms with van der Waals surface area (Å²) in [6.07, 6.45) is 26.2. The smallest absolute Gasteiger partial charge is 0.338 e. The monoisotopic (exact) mass is 1010 g/mol. The quantitative estimate of drug-likeness (QED) is 0.0164. The van der Waals surface area contributed by atoms with Crippen LogP contribution >= 0.6 is 12.2 Å². The predicted molar refractivity (Wildman–Crippen MR) is 287 cm³/mol. The van der Waals surface area contributed by atoms with Crippen LogP contribution in [0.1, 0.15) is 179 Å². The Morgan fingerprint density at radius 3 is 1.65 bits per heavy atom. The van der Waals surface area contributed by atoms with Gasteiger partial charge in [-0.1, -0.05) is 165 Å². The number of aryl methyl sites for hydroxylation is 1. The van der Waals surface area contributed by atoms with Gasteiger partial charge in [0.2, 0.25) is 11.6 Å². The number of hydrogen-bond acceptors (Lipinski definition) is 12. The summed E-state index contributed by atoms with van der Waals surface area (Å²) >= 11 is 4.79. The lowest BCUT2D eigenvalue weighted by atomic mass is 10.1. The fourth-order valence-corrected chi connectivity index (χ4v) is 8.69. The molecule has 3 aromatic rings. The molecule has 3 aliphatic rings. The number of rotatable bonds is 27. The largest absolute Gasteiger partial charge is 0.515 e. The fourth-order valence-electron chi connectivity index (χ4n) is 8.46. The lowest BCUT2D eigenvalue weighted by Crippen LogP contribution is -2.27. The van der Waals surface area contributed by atoms with Crippen molar-refractivity contribution in [3.8, 4) is 5.75 Å². The minimum absolute atomic E-state index is 0.00567. The number of anilines is 2. The maximum atomic E-state index is 12.3. The van der Waals surface area contributed by atoms with E-state index in [1.165, 1.54) is 118 Å². The van der Waals surface area contributed by atoms with E-state index in [1.54, 1.807) is 54.6 Å². The van der Waals surface area contributed by atoms with Crippen LogP contribution in [0.15, 0.2) is 102 Å². The van der Waals surface area contributed by atoms with Gasteiger partial charge in [-0.15, -0.1) is 0 Å². The first-order valence-corrected chi connectivity index (χ1v) is 26.3. The number of nitrogens with zero attached hydrogens (tertiary/aromatic N) is 2. The van der Waals surface area contributed by atoms with E-state index >= 15 is 0 Å². The molecule has 6 rings (SSSR count). The maximum absolute atomic E-state index is 12.3. The highest BCUT2D eigenvalue weighted by Crippen LogP contribution is 2.30. The van der Waals surface area contributed by atoms with E-state index < -0.39 is 23.4 Å². The minimum atomic E-state index is -0.448. The second kappa shape index (κ2) is 31.8. The molecule has 0 saturated carbocycles. The number of ether oxygens (including phenoxy) is 2. The zero-order valence-corrected chi connectivity index (χ0v) is 43.3. The van der Waals surface area contributed by atoms with Crippen molar-refractivity contribution in [1.29, 1.82) is 0 Å². The Bertz CT molecular complexity index is 2400. The molecule has 1 fully saturated rings. The van der Waals surface area contributed by atoms with Crippen LogP contribution in [0.3, 0.4) is 0 Å². The highest BCUT2D eigenvalue weighted by molar-refractivity contribution is 7.79. The molecule has 0 bridgehead atoms. The molecule has 2 heterocycles. The van der Waals surface area contributed by atoms with E-state index in [4.69, 9.17) is 31.9 Å². The van der Waals surface area contributed by atoms with Gasteiger partial charge in [-0.3, -0.25) is 24.0 Å². The van der Waals surface area contributed by atoms with E-state index in [0.717, 1.165) is 31.2 Å². The van der Waals surface area contributed by atoms with Crippen LogP contribution in [0.2, 0.25) is 0 Å². The summed E-state index contributed by atoms with van der Waals surface area (Å²) in [4.78, 5) is 74.4. The molecule has 0 aromatic heterocycles. The van der Waals surface area contributed by atoms with Gasteiger partial charge >= 0.3 is 5.97 Å². The van der Waals surface area contributed by atoms with Crippen molar-refractivity contribution < 1.29 is 53.6 Å². The van der Waals surface area contributed by atoms with Crippen molar-refractivity contribution in [2.24, 2.45) is 0 Å². The molecule has 3 aromatic carbocycles. The van der Waals surface area contributed by atoms with E-state index in [9.17, 15) is 33.9 Å². The number of hydrogen-bond donors (Lipinski definition) is 3. The Balaban J connectivity index is 0.000000244. The van der Waals surface area contributed by atoms with Gasteiger partial charge in [0.25, 0.3) is 11.8 Å². The molecule has 2 aliphatic heterocycles. The molecule has 1 aliphatic carbocycles. The summed E-state index contributed by atoms with van der Waals surface area (Å²) in [6, 6.07) is 18.9.